The van der Waals surface area contributed by atoms with Crippen molar-refractivity contribution in [2.75, 3.05) is 11.9 Å². The number of carbonyl (C=O) groups is 1. The average molecular weight is 296 g/mol. The van der Waals surface area contributed by atoms with E-state index < -0.39 is 0 Å². The van der Waals surface area contributed by atoms with Crippen LogP contribution in [0.2, 0.25) is 0 Å². The zero-order chi connectivity index (χ0) is 15.4. The highest BCUT2D eigenvalue weighted by atomic mass is 16.5. The van der Waals surface area contributed by atoms with Crippen LogP contribution in [-0.2, 0) is 11.2 Å². The van der Waals surface area contributed by atoms with Gasteiger partial charge >= 0.3 is 0 Å². The molecule has 6 heteroatoms. The Balaban J connectivity index is 1.68. The molecule has 22 heavy (non-hydrogen) atoms. The number of benzene rings is 2. The Labute approximate surface area is 127 Å². The predicted molar refractivity (Wildman–Crippen MR) is 83.8 cm³/mol. The Morgan fingerprint density at radius 1 is 1.18 bits per heavy atom. The number of nitrogens with one attached hydrogen (secondary N) is 2. The number of ether oxygens (including phenoxy) is 1. The molecule has 1 amide bonds. The number of anilines is 1. The molecule has 0 atom stereocenters. The van der Waals surface area contributed by atoms with E-state index in [0.29, 0.717) is 24.2 Å². The van der Waals surface area contributed by atoms with Gasteiger partial charge in [0.2, 0.25) is 5.91 Å². The van der Waals surface area contributed by atoms with Gasteiger partial charge in [-0.1, -0.05) is 18.2 Å². The molecule has 0 spiro atoms. The van der Waals surface area contributed by atoms with Crippen LogP contribution in [0.15, 0.2) is 42.5 Å². The molecule has 0 saturated carbocycles. The van der Waals surface area contributed by atoms with E-state index in [1.807, 2.05) is 43.3 Å². The van der Waals surface area contributed by atoms with E-state index in [1.54, 1.807) is 6.07 Å². The van der Waals surface area contributed by atoms with Crippen molar-refractivity contribution in [3.05, 3.63) is 48.0 Å². The number of hydrogen-bond acceptors (Lipinski definition) is 4. The summed E-state index contributed by atoms with van der Waals surface area (Å²) >= 11 is 0. The molecular weight excluding hydrogens is 280 g/mol. The zero-order valence-corrected chi connectivity index (χ0v) is 12.2. The molecule has 1 aromatic heterocycles. The Morgan fingerprint density at radius 2 is 2.00 bits per heavy atom. The lowest BCUT2D eigenvalue weighted by molar-refractivity contribution is -0.115. The van der Waals surface area contributed by atoms with Crippen molar-refractivity contribution in [1.82, 2.24) is 15.4 Å². The number of H-pyrrole nitrogens is 1. The minimum atomic E-state index is -0.0975. The molecule has 6 nitrogen and oxygen atoms in total. The quantitative estimate of drug-likeness (QED) is 0.758. The lowest BCUT2D eigenvalue weighted by Gasteiger charge is -2.07. The normalized spacial score (nSPS) is 10.6. The van der Waals surface area contributed by atoms with Gasteiger partial charge in [-0.25, -0.2) is 0 Å². The highest BCUT2D eigenvalue weighted by Crippen LogP contribution is 2.19. The summed E-state index contributed by atoms with van der Waals surface area (Å²) in [5.74, 6) is 0.707. The molecule has 3 rings (SSSR count). The fraction of sp³-hybridized carbons (Fsp3) is 0.188. The van der Waals surface area contributed by atoms with Crippen molar-refractivity contribution in [2.45, 2.75) is 13.3 Å². The van der Waals surface area contributed by atoms with E-state index >= 15 is 0 Å². The van der Waals surface area contributed by atoms with Crippen molar-refractivity contribution in [3.63, 3.8) is 0 Å². The Bertz CT molecular complexity index is 780. The molecular formula is C16H16N4O2. The van der Waals surface area contributed by atoms with Gasteiger partial charge in [0.1, 0.15) is 16.8 Å². The Hall–Kier alpha value is -2.89. The number of para-hydroxylation sites is 1. The molecule has 112 valence electrons. The molecule has 2 N–H and O–H groups in total. The summed E-state index contributed by atoms with van der Waals surface area (Å²) in [7, 11) is 0. The standard InChI is InChI=1S/C16H16N4O2/c1-2-22-12-8-6-11(7-9-12)10-15(21)17-13-4-3-5-14-16(13)19-20-18-14/h3-9H,2,10H2,1H3,(H,17,21)(H,18,19,20). The lowest BCUT2D eigenvalue weighted by Crippen LogP contribution is -2.14. The first-order valence-corrected chi connectivity index (χ1v) is 7.07. The average Bonchev–Trinajstić information content (AvgIpc) is 2.99. The van der Waals surface area contributed by atoms with Gasteiger partial charge in [-0.2, -0.15) is 15.4 Å². The van der Waals surface area contributed by atoms with Crippen LogP contribution in [0.1, 0.15) is 12.5 Å². The summed E-state index contributed by atoms with van der Waals surface area (Å²) < 4.78 is 5.38. The highest BCUT2D eigenvalue weighted by Gasteiger charge is 2.09. The molecule has 0 fully saturated rings. The molecule has 0 aliphatic carbocycles. The summed E-state index contributed by atoms with van der Waals surface area (Å²) in [6.45, 7) is 2.56. The first kappa shape index (κ1) is 14.1. The number of nitrogens with zero attached hydrogens (tertiary/aromatic N) is 2. The van der Waals surface area contributed by atoms with Crippen LogP contribution in [0.3, 0.4) is 0 Å². The van der Waals surface area contributed by atoms with E-state index in [9.17, 15) is 4.79 Å². The SMILES string of the molecule is CCOc1ccc(CC(=O)Nc2cccc3n[nH]nc23)cc1. The maximum absolute atomic E-state index is 12.2. The molecule has 3 aromatic rings. The van der Waals surface area contributed by atoms with Gasteiger partial charge in [-0.3, -0.25) is 4.79 Å². The zero-order valence-electron chi connectivity index (χ0n) is 12.2. The summed E-state index contributed by atoms with van der Waals surface area (Å²) in [5.41, 5.74) is 2.96. The van der Waals surface area contributed by atoms with Crippen molar-refractivity contribution in [1.29, 1.82) is 0 Å². The fourth-order valence-electron chi connectivity index (χ4n) is 2.22. The van der Waals surface area contributed by atoms with Crippen molar-refractivity contribution < 1.29 is 9.53 Å². The third-order valence-electron chi connectivity index (χ3n) is 3.22. The van der Waals surface area contributed by atoms with E-state index in [2.05, 4.69) is 20.7 Å². The number of aromatic amines is 1. The van der Waals surface area contributed by atoms with Crippen molar-refractivity contribution >= 4 is 22.6 Å². The Kier molecular flexibility index (Phi) is 4.00. The van der Waals surface area contributed by atoms with E-state index in [-0.39, 0.29) is 5.91 Å². The molecule has 0 radical (unpaired) electrons. The topological polar surface area (TPSA) is 79.9 Å². The third-order valence-corrected chi connectivity index (χ3v) is 3.22. The van der Waals surface area contributed by atoms with E-state index in [1.165, 1.54) is 0 Å². The number of hydrogen-bond donors (Lipinski definition) is 2. The summed E-state index contributed by atoms with van der Waals surface area (Å²) in [4.78, 5) is 12.2. The highest BCUT2D eigenvalue weighted by molar-refractivity contribution is 5.99. The van der Waals surface area contributed by atoms with Gasteiger partial charge in [-0.05, 0) is 36.8 Å². The summed E-state index contributed by atoms with van der Waals surface area (Å²) in [6, 6.07) is 13.0. The molecule has 1 heterocycles. The minimum absolute atomic E-state index is 0.0975. The number of amides is 1. The van der Waals surface area contributed by atoms with Crippen molar-refractivity contribution in [2.24, 2.45) is 0 Å². The molecule has 0 bridgehead atoms. The predicted octanol–water partition coefficient (Wildman–Crippen LogP) is 2.54. The number of rotatable bonds is 5. The van der Waals surface area contributed by atoms with Crippen LogP contribution >= 0.6 is 0 Å². The molecule has 0 aliphatic rings. The summed E-state index contributed by atoms with van der Waals surface area (Å²) in [5, 5.41) is 13.5. The number of carbonyl (C=O) groups excluding carboxylic acids is 1. The van der Waals surface area contributed by atoms with Gasteiger partial charge in [0.05, 0.1) is 18.7 Å². The van der Waals surface area contributed by atoms with Crippen molar-refractivity contribution in [3.8, 4) is 5.75 Å². The van der Waals surface area contributed by atoms with E-state index in [0.717, 1.165) is 16.8 Å². The third kappa shape index (κ3) is 3.06. The minimum Gasteiger partial charge on any atom is -0.494 e. The van der Waals surface area contributed by atoms with Gasteiger partial charge in [-0.15, -0.1) is 0 Å². The second-order valence-corrected chi connectivity index (χ2v) is 4.80. The molecule has 0 aliphatic heterocycles. The summed E-state index contributed by atoms with van der Waals surface area (Å²) in [6.07, 6.45) is 0.292. The second-order valence-electron chi connectivity index (χ2n) is 4.80. The van der Waals surface area contributed by atoms with Crippen LogP contribution < -0.4 is 10.1 Å². The first-order chi connectivity index (χ1) is 10.8. The van der Waals surface area contributed by atoms with E-state index in [4.69, 9.17) is 4.74 Å². The second kappa shape index (κ2) is 6.26. The number of aromatic nitrogens is 3. The van der Waals surface area contributed by atoms with Gasteiger partial charge in [0.25, 0.3) is 0 Å². The van der Waals surface area contributed by atoms with Crippen LogP contribution in [0.25, 0.3) is 11.0 Å². The maximum Gasteiger partial charge on any atom is 0.228 e. The molecule has 2 aromatic carbocycles. The largest absolute Gasteiger partial charge is 0.494 e. The van der Waals surface area contributed by atoms with Crippen LogP contribution in [0.4, 0.5) is 5.69 Å². The van der Waals surface area contributed by atoms with Crippen LogP contribution in [0, 0.1) is 0 Å². The van der Waals surface area contributed by atoms with Crippen LogP contribution in [-0.4, -0.2) is 27.9 Å². The molecule has 0 saturated heterocycles. The maximum atomic E-state index is 12.2. The lowest BCUT2D eigenvalue weighted by atomic mass is 10.1. The fourth-order valence-corrected chi connectivity index (χ4v) is 2.22. The van der Waals surface area contributed by atoms with Gasteiger partial charge in [0.15, 0.2) is 0 Å². The first-order valence-electron chi connectivity index (χ1n) is 7.07. The molecule has 0 unspecified atom stereocenters. The van der Waals surface area contributed by atoms with Crippen LogP contribution in [0.5, 0.6) is 5.75 Å². The van der Waals surface area contributed by atoms with Gasteiger partial charge < -0.3 is 10.1 Å². The number of fused-ring (bicyclic) bond motifs is 1. The smallest absolute Gasteiger partial charge is 0.228 e. The van der Waals surface area contributed by atoms with Gasteiger partial charge in [0, 0.05) is 0 Å². The monoisotopic (exact) mass is 296 g/mol. The Morgan fingerprint density at radius 3 is 2.77 bits per heavy atom.